The van der Waals surface area contributed by atoms with Gasteiger partial charge in [0.15, 0.2) is 0 Å². The number of nitrogens with two attached hydrogens (primary N) is 2. The van der Waals surface area contributed by atoms with Crippen LogP contribution < -0.4 is 16.2 Å². The maximum Gasteiger partial charge on any atom is 0.267 e. The van der Waals surface area contributed by atoms with E-state index < -0.39 is 15.9 Å². The number of nitrogens with one attached hydrogen (secondary N) is 1. The first-order valence-electron chi connectivity index (χ1n) is 3.29. The first-order valence-corrected chi connectivity index (χ1v) is 5.66. The van der Waals surface area contributed by atoms with Gasteiger partial charge in [0.25, 0.3) is 10.0 Å². The molecule has 0 unspecified atom stereocenters. The molecule has 15 heavy (non-hydrogen) atoms. The molecule has 1 aromatic heterocycles. The molecule has 0 radical (unpaired) electrons. The van der Waals surface area contributed by atoms with E-state index in [9.17, 15) is 13.2 Å². The predicted octanol–water partition coefficient (Wildman–Crippen LogP) is -1.50. The molecule has 0 aliphatic carbocycles. The zero-order valence-corrected chi connectivity index (χ0v) is 9.66. The molecule has 8 nitrogen and oxygen atoms in total. The summed E-state index contributed by atoms with van der Waals surface area (Å²) >= 11 is 0.661. The van der Waals surface area contributed by atoms with Crippen LogP contribution in [0.5, 0.6) is 0 Å². The van der Waals surface area contributed by atoms with Gasteiger partial charge >= 0.3 is 0 Å². The van der Waals surface area contributed by atoms with Gasteiger partial charge in [0.2, 0.25) is 15.4 Å². The molecule has 1 rings (SSSR count). The molecular formula is C4H8ClN5O3S2. The van der Waals surface area contributed by atoms with E-state index in [4.69, 9.17) is 10.9 Å². The summed E-state index contributed by atoms with van der Waals surface area (Å²) < 4.78 is 21.1. The Kier molecular flexibility index (Phi) is 5.03. The van der Waals surface area contributed by atoms with Crippen molar-refractivity contribution in [2.24, 2.45) is 10.9 Å². The van der Waals surface area contributed by atoms with Gasteiger partial charge in [0, 0.05) is 0 Å². The number of nitrogens with zero attached hydrogens (tertiary/aromatic N) is 2. The maximum atomic E-state index is 10.8. The summed E-state index contributed by atoms with van der Waals surface area (Å²) in [5, 5.41) is 13.7. The van der Waals surface area contributed by atoms with E-state index in [-0.39, 0.29) is 28.4 Å². The number of hydrogen-bond donors (Lipinski definition) is 3. The van der Waals surface area contributed by atoms with Gasteiger partial charge in [-0.25, -0.2) is 13.6 Å². The largest absolute Gasteiger partial charge is 0.322 e. The molecule has 0 fully saturated rings. The molecule has 0 aromatic carbocycles. The van der Waals surface area contributed by atoms with E-state index in [0.29, 0.717) is 11.3 Å². The summed E-state index contributed by atoms with van der Waals surface area (Å²) in [5.74, 6) is -0.484. The fraction of sp³-hybridized carbons (Fsp3) is 0.250. The van der Waals surface area contributed by atoms with Crippen LogP contribution in [-0.4, -0.2) is 31.1 Å². The van der Waals surface area contributed by atoms with Crippen LogP contribution in [0.4, 0.5) is 5.13 Å². The average molecular weight is 274 g/mol. The Morgan fingerprint density at radius 1 is 1.47 bits per heavy atom. The zero-order valence-electron chi connectivity index (χ0n) is 7.21. The zero-order chi connectivity index (χ0) is 10.8. The quantitative estimate of drug-likeness (QED) is 0.573. The summed E-state index contributed by atoms with van der Waals surface area (Å²) in [4.78, 5) is 10.8. The van der Waals surface area contributed by atoms with Gasteiger partial charge in [-0.1, -0.05) is 11.3 Å². The minimum absolute atomic E-state index is 0. The number of rotatable bonds is 3. The van der Waals surface area contributed by atoms with Crippen molar-refractivity contribution in [3.05, 3.63) is 0 Å². The first-order chi connectivity index (χ1) is 6.43. The second-order valence-corrected chi connectivity index (χ2v) is 4.88. The van der Waals surface area contributed by atoms with Crippen molar-refractivity contribution >= 4 is 44.8 Å². The van der Waals surface area contributed by atoms with Crippen molar-refractivity contribution in [3.8, 4) is 0 Å². The van der Waals surface area contributed by atoms with E-state index in [1.807, 2.05) is 0 Å². The molecule has 86 valence electrons. The van der Waals surface area contributed by atoms with Crippen LogP contribution >= 0.6 is 23.7 Å². The molecule has 1 heterocycles. The first kappa shape index (κ1) is 14.2. The van der Waals surface area contributed by atoms with E-state index >= 15 is 0 Å². The molecule has 0 atom stereocenters. The SMILES string of the molecule is Cl.NCC(=O)Nc1nnc(S(N)(=O)=O)s1. The third-order valence-corrected chi connectivity index (χ3v) is 3.23. The highest BCUT2D eigenvalue weighted by Gasteiger charge is 2.15. The summed E-state index contributed by atoms with van der Waals surface area (Å²) in [6.45, 7) is -0.218. The molecule has 11 heteroatoms. The van der Waals surface area contributed by atoms with Gasteiger partial charge in [0.05, 0.1) is 6.54 Å². The number of amides is 1. The van der Waals surface area contributed by atoms with E-state index in [1.54, 1.807) is 0 Å². The lowest BCUT2D eigenvalue weighted by atomic mass is 10.6. The number of hydrogen-bond acceptors (Lipinski definition) is 7. The molecule has 0 saturated carbocycles. The minimum atomic E-state index is -3.86. The smallest absolute Gasteiger partial charge is 0.267 e. The lowest BCUT2D eigenvalue weighted by molar-refractivity contribution is -0.114. The summed E-state index contributed by atoms with van der Waals surface area (Å²) in [5.41, 5.74) is 5.01. The molecule has 5 N–H and O–H groups in total. The van der Waals surface area contributed by atoms with Gasteiger partial charge in [-0.3, -0.25) is 10.1 Å². The van der Waals surface area contributed by atoms with Gasteiger partial charge in [-0.05, 0) is 0 Å². The second kappa shape index (κ2) is 5.32. The second-order valence-electron chi connectivity index (χ2n) is 2.17. The molecule has 0 bridgehead atoms. The Hall–Kier alpha value is -0.810. The molecule has 1 aromatic rings. The number of primary sulfonamides is 1. The normalized spacial score (nSPS) is 10.5. The molecule has 1 amide bonds. The van der Waals surface area contributed by atoms with Crippen LogP contribution in [0.15, 0.2) is 4.34 Å². The lowest BCUT2D eigenvalue weighted by Gasteiger charge is -1.94. The monoisotopic (exact) mass is 273 g/mol. The summed E-state index contributed by atoms with van der Waals surface area (Å²) in [6, 6.07) is 0. The van der Waals surface area contributed by atoms with E-state index in [0.717, 1.165) is 0 Å². The predicted molar refractivity (Wildman–Crippen MR) is 56.2 cm³/mol. The van der Waals surface area contributed by atoms with Crippen LogP contribution in [0.2, 0.25) is 0 Å². The highest BCUT2D eigenvalue weighted by molar-refractivity contribution is 7.91. The van der Waals surface area contributed by atoms with Crippen molar-refractivity contribution in [2.45, 2.75) is 4.34 Å². The topological polar surface area (TPSA) is 141 Å². The highest BCUT2D eigenvalue weighted by Crippen LogP contribution is 2.17. The number of carbonyl (C=O) groups is 1. The third kappa shape index (κ3) is 4.05. The van der Waals surface area contributed by atoms with Gasteiger partial charge < -0.3 is 5.73 Å². The van der Waals surface area contributed by atoms with Crippen molar-refractivity contribution in [1.29, 1.82) is 0 Å². The van der Waals surface area contributed by atoms with E-state index in [2.05, 4.69) is 15.5 Å². The van der Waals surface area contributed by atoms with Crippen LogP contribution in [0.25, 0.3) is 0 Å². The molecular weight excluding hydrogens is 266 g/mol. The van der Waals surface area contributed by atoms with Gasteiger partial charge in [-0.2, -0.15) is 0 Å². The summed E-state index contributed by atoms with van der Waals surface area (Å²) in [6.07, 6.45) is 0. The summed E-state index contributed by atoms with van der Waals surface area (Å²) in [7, 11) is -3.86. The van der Waals surface area contributed by atoms with Crippen molar-refractivity contribution in [2.75, 3.05) is 11.9 Å². The molecule has 0 aliphatic heterocycles. The average Bonchev–Trinajstić information content (AvgIpc) is 2.51. The fourth-order valence-electron chi connectivity index (χ4n) is 0.546. The minimum Gasteiger partial charge on any atom is -0.322 e. The van der Waals surface area contributed by atoms with Crippen LogP contribution in [0.3, 0.4) is 0 Å². The maximum absolute atomic E-state index is 10.8. The van der Waals surface area contributed by atoms with Gasteiger partial charge in [0.1, 0.15) is 0 Å². The molecule has 0 saturated heterocycles. The fourth-order valence-corrected chi connectivity index (χ4v) is 1.90. The third-order valence-electron chi connectivity index (χ3n) is 1.08. The number of aromatic nitrogens is 2. The Morgan fingerprint density at radius 2 is 2.07 bits per heavy atom. The molecule has 0 spiro atoms. The standard InChI is InChI=1S/C4H7N5O3S2.ClH/c5-1-2(10)7-3-8-9-4(13-3)14(6,11)12;/h1,5H2,(H2,6,11,12)(H,7,8,10);1H. The van der Waals surface area contributed by atoms with Crippen molar-refractivity contribution < 1.29 is 13.2 Å². The van der Waals surface area contributed by atoms with E-state index in [1.165, 1.54) is 0 Å². The van der Waals surface area contributed by atoms with Crippen LogP contribution in [-0.2, 0) is 14.8 Å². The Morgan fingerprint density at radius 3 is 2.47 bits per heavy atom. The van der Waals surface area contributed by atoms with Crippen LogP contribution in [0, 0.1) is 0 Å². The number of sulfonamides is 1. The Bertz CT molecular complexity index is 443. The number of anilines is 1. The van der Waals surface area contributed by atoms with Crippen molar-refractivity contribution in [1.82, 2.24) is 10.2 Å². The number of carbonyl (C=O) groups excluding carboxylic acids is 1. The van der Waals surface area contributed by atoms with Gasteiger partial charge in [-0.15, -0.1) is 22.6 Å². The van der Waals surface area contributed by atoms with Crippen LogP contribution in [0.1, 0.15) is 0 Å². The Labute approximate surface area is 95.5 Å². The highest BCUT2D eigenvalue weighted by atomic mass is 35.5. The number of halogens is 1. The Balaban J connectivity index is 0.00000196. The molecule has 0 aliphatic rings. The van der Waals surface area contributed by atoms with Crippen molar-refractivity contribution in [3.63, 3.8) is 0 Å². The lowest BCUT2D eigenvalue weighted by Crippen LogP contribution is -2.21.